The fourth-order valence-corrected chi connectivity index (χ4v) is 2.84. The fraction of sp³-hybridized carbons (Fsp3) is 0.471. The van der Waals surface area contributed by atoms with Crippen molar-refractivity contribution in [2.75, 3.05) is 36.5 Å². The molecule has 0 aromatic heterocycles. The average Bonchev–Trinajstić information content (AvgIpc) is 2.95. The molecule has 0 saturated carbocycles. The predicted octanol–water partition coefficient (Wildman–Crippen LogP) is 2.22. The number of hydrazone groups is 1. The first kappa shape index (κ1) is 17.2. The lowest BCUT2D eigenvalue weighted by Gasteiger charge is -2.28. The number of likely N-dealkylation sites (N-methyl/N-ethyl adjacent to an activating group) is 1. The molecule has 3 rings (SSSR count). The van der Waals surface area contributed by atoms with Crippen LogP contribution >= 0.6 is 0 Å². The molecule has 134 valence electrons. The van der Waals surface area contributed by atoms with Crippen LogP contribution in [-0.2, 0) is 9.53 Å². The van der Waals surface area contributed by atoms with Crippen molar-refractivity contribution in [3.8, 4) is 0 Å². The Morgan fingerprint density at radius 1 is 1.40 bits per heavy atom. The highest BCUT2D eigenvalue weighted by atomic mass is 19.1. The van der Waals surface area contributed by atoms with Crippen molar-refractivity contribution in [2.24, 2.45) is 5.10 Å². The van der Waals surface area contributed by atoms with Gasteiger partial charge in [0.25, 0.3) is 0 Å². The van der Waals surface area contributed by atoms with E-state index >= 15 is 0 Å². The lowest BCUT2D eigenvalue weighted by molar-refractivity contribution is -0.117. The van der Waals surface area contributed by atoms with Gasteiger partial charge in [0.1, 0.15) is 24.0 Å². The van der Waals surface area contributed by atoms with E-state index in [4.69, 9.17) is 4.74 Å². The van der Waals surface area contributed by atoms with Crippen molar-refractivity contribution < 1.29 is 18.7 Å². The molecular weight excluding hydrogens is 327 g/mol. The summed E-state index contributed by atoms with van der Waals surface area (Å²) in [6.07, 6.45) is 1.58. The Hall–Kier alpha value is -2.64. The van der Waals surface area contributed by atoms with Crippen molar-refractivity contribution in [3.05, 3.63) is 24.0 Å². The number of ketones is 1. The van der Waals surface area contributed by atoms with Crippen molar-refractivity contribution in [1.29, 1.82) is 0 Å². The molecule has 2 heterocycles. The zero-order valence-corrected chi connectivity index (χ0v) is 14.3. The Morgan fingerprint density at radius 2 is 2.20 bits per heavy atom. The fourth-order valence-electron chi connectivity index (χ4n) is 2.84. The second kappa shape index (κ2) is 7.08. The summed E-state index contributed by atoms with van der Waals surface area (Å²) in [5.74, 6) is -0.368. The Balaban J connectivity index is 1.71. The normalized spacial score (nSPS) is 20.2. The summed E-state index contributed by atoms with van der Waals surface area (Å²) in [7, 11) is 1.86. The summed E-state index contributed by atoms with van der Waals surface area (Å²) in [6.45, 7) is 3.16. The van der Waals surface area contributed by atoms with Crippen molar-refractivity contribution in [3.63, 3.8) is 0 Å². The molecule has 2 aliphatic heterocycles. The quantitative estimate of drug-likeness (QED) is 0.816. The third kappa shape index (κ3) is 3.89. The summed E-state index contributed by atoms with van der Waals surface area (Å²) in [5.41, 5.74) is 0.865. The number of halogens is 1. The number of benzene rings is 1. The zero-order chi connectivity index (χ0) is 18.0. The zero-order valence-electron chi connectivity index (χ0n) is 14.3. The maximum Gasteiger partial charge on any atom is 0.414 e. The molecule has 7 nitrogen and oxygen atoms in total. The first-order chi connectivity index (χ1) is 11.9. The van der Waals surface area contributed by atoms with Gasteiger partial charge in [-0.05, 0) is 31.5 Å². The van der Waals surface area contributed by atoms with Gasteiger partial charge < -0.3 is 14.4 Å². The molecule has 25 heavy (non-hydrogen) atoms. The van der Waals surface area contributed by atoms with E-state index in [0.29, 0.717) is 43.9 Å². The van der Waals surface area contributed by atoms with E-state index < -0.39 is 11.9 Å². The molecule has 1 fully saturated rings. The highest BCUT2D eigenvalue weighted by Gasteiger charge is 2.32. The average molecular weight is 348 g/mol. The molecule has 0 unspecified atom stereocenters. The molecule has 1 saturated heterocycles. The number of anilines is 2. The van der Waals surface area contributed by atoms with Gasteiger partial charge in [-0.1, -0.05) is 0 Å². The van der Waals surface area contributed by atoms with E-state index in [9.17, 15) is 14.0 Å². The molecule has 0 bridgehead atoms. The van der Waals surface area contributed by atoms with Crippen LogP contribution in [0.1, 0.15) is 19.8 Å². The molecule has 0 aliphatic carbocycles. The number of hydrogen-bond acceptors (Lipinski definition) is 6. The van der Waals surface area contributed by atoms with Gasteiger partial charge in [0.2, 0.25) is 0 Å². The number of hydrogen-bond donors (Lipinski definition) is 0. The lowest BCUT2D eigenvalue weighted by atomic mass is 10.1. The minimum atomic E-state index is -0.512. The SMILES string of the molecule is CC(=O)CC[C@H]1CN(c2ccc(N3C=NN(C)CC3)c(F)c2)C(=O)O1. The van der Waals surface area contributed by atoms with Crippen molar-refractivity contribution in [1.82, 2.24) is 5.01 Å². The molecule has 1 amide bonds. The molecule has 0 N–H and O–H groups in total. The van der Waals surface area contributed by atoms with Crippen LogP contribution in [0.25, 0.3) is 0 Å². The topological polar surface area (TPSA) is 65.5 Å². The van der Waals surface area contributed by atoms with Gasteiger partial charge in [-0.25, -0.2) is 9.18 Å². The molecule has 1 aromatic carbocycles. The van der Waals surface area contributed by atoms with Gasteiger partial charge in [0, 0.05) is 20.0 Å². The van der Waals surface area contributed by atoms with Crippen molar-refractivity contribution in [2.45, 2.75) is 25.9 Å². The van der Waals surface area contributed by atoms with Gasteiger partial charge in [0.15, 0.2) is 0 Å². The first-order valence-corrected chi connectivity index (χ1v) is 8.23. The van der Waals surface area contributed by atoms with Crippen LogP contribution in [-0.4, -0.2) is 56.0 Å². The van der Waals surface area contributed by atoms with Gasteiger partial charge >= 0.3 is 6.09 Å². The molecule has 8 heteroatoms. The van der Waals surface area contributed by atoms with Gasteiger partial charge in [-0.15, -0.1) is 0 Å². The predicted molar refractivity (Wildman–Crippen MR) is 92.4 cm³/mol. The minimum absolute atomic E-state index is 0.0544. The maximum absolute atomic E-state index is 14.5. The number of carbonyl (C=O) groups is 2. The molecular formula is C17H21FN4O3. The van der Waals surface area contributed by atoms with E-state index in [0.717, 1.165) is 0 Å². The number of Topliss-reactive ketones (excluding diaryl/α,β-unsaturated/α-hetero) is 1. The van der Waals surface area contributed by atoms with E-state index in [-0.39, 0.29) is 11.9 Å². The standard InChI is InChI=1S/C17H21FN4O3/c1-12(23)3-5-14-10-22(17(24)25-14)13-4-6-16(15(18)9-13)21-8-7-20(2)19-11-21/h4,6,9,11,14H,3,5,7-8,10H2,1-2H3/t14-/m0/s1. The summed E-state index contributed by atoms with van der Waals surface area (Å²) in [6, 6.07) is 4.66. The molecule has 1 aromatic rings. The molecule has 0 spiro atoms. The van der Waals surface area contributed by atoms with E-state index in [2.05, 4.69) is 5.10 Å². The number of cyclic esters (lactones) is 1. The number of nitrogens with zero attached hydrogens (tertiary/aromatic N) is 4. The van der Waals surface area contributed by atoms with Gasteiger partial charge in [-0.2, -0.15) is 5.10 Å². The first-order valence-electron chi connectivity index (χ1n) is 8.23. The number of amides is 1. The Labute approximate surface area is 145 Å². The monoisotopic (exact) mass is 348 g/mol. The van der Waals surface area contributed by atoms with Gasteiger partial charge in [0.05, 0.1) is 24.5 Å². The number of ether oxygens (including phenoxy) is 1. The van der Waals surface area contributed by atoms with E-state index in [1.807, 2.05) is 7.05 Å². The second-order valence-corrected chi connectivity index (χ2v) is 6.30. The Bertz CT molecular complexity index is 709. The summed E-state index contributed by atoms with van der Waals surface area (Å²) in [4.78, 5) is 26.2. The van der Waals surface area contributed by atoms with Crippen molar-refractivity contribution >= 4 is 29.6 Å². The third-order valence-electron chi connectivity index (χ3n) is 4.30. The molecule has 2 aliphatic rings. The molecule has 0 radical (unpaired) electrons. The minimum Gasteiger partial charge on any atom is -0.444 e. The number of carbonyl (C=O) groups excluding carboxylic acids is 2. The van der Waals surface area contributed by atoms with Crippen LogP contribution in [0.2, 0.25) is 0 Å². The maximum atomic E-state index is 14.5. The van der Waals surface area contributed by atoms with Crippen LogP contribution in [0.4, 0.5) is 20.6 Å². The van der Waals surface area contributed by atoms with Gasteiger partial charge in [-0.3, -0.25) is 9.91 Å². The van der Waals surface area contributed by atoms with Crippen LogP contribution in [0.5, 0.6) is 0 Å². The highest BCUT2D eigenvalue weighted by Crippen LogP contribution is 2.28. The molecule has 1 atom stereocenters. The Morgan fingerprint density at radius 3 is 2.84 bits per heavy atom. The number of rotatable bonds is 5. The van der Waals surface area contributed by atoms with E-state index in [1.165, 1.54) is 17.9 Å². The van der Waals surface area contributed by atoms with Crippen LogP contribution in [0.3, 0.4) is 0 Å². The van der Waals surface area contributed by atoms with E-state index in [1.54, 1.807) is 28.4 Å². The van der Waals surface area contributed by atoms with Crippen LogP contribution in [0, 0.1) is 5.82 Å². The van der Waals surface area contributed by atoms with Crippen LogP contribution in [0.15, 0.2) is 23.3 Å². The Kier molecular flexibility index (Phi) is 4.87. The van der Waals surface area contributed by atoms with Crippen LogP contribution < -0.4 is 9.80 Å². The summed E-state index contributed by atoms with van der Waals surface area (Å²) in [5, 5.41) is 5.92. The largest absolute Gasteiger partial charge is 0.444 e. The lowest BCUT2D eigenvalue weighted by Crippen LogP contribution is -2.36. The smallest absolute Gasteiger partial charge is 0.414 e. The second-order valence-electron chi connectivity index (χ2n) is 6.30. The third-order valence-corrected chi connectivity index (χ3v) is 4.30. The summed E-state index contributed by atoms with van der Waals surface area (Å²) < 4.78 is 19.8. The summed E-state index contributed by atoms with van der Waals surface area (Å²) >= 11 is 0. The highest BCUT2D eigenvalue weighted by molar-refractivity contribution is 5.90.